The van der Waals surface area contributed by atoms with Crippen molar-refractivity contribution < 1.29 is 0 Å². The minimum Gasteiger partial charge on any atom is -0.356 e. The highest BCUT2D eigenvalue weighted by molar-refractivity contribution is 14.0. The maximum absolute atomic E-state index is 4.67. The summed E-state index contributed by atoms with van der Waals surface area (Å²) >= 11 is 1.87. The van der Waals surface area contributed by atoms with Gasteiger partial charge in [0.1, 0.15) is 12.4 Å². The predicted octanol–water partition coefficient (Wildman–Crippen LogP) is 3.16. The van der Waals surface area contributed by atoms with Gasteiger partial charge in [0.15, 0.2) is 11.8 Å². The van der Waals surface area contributed by atoms with Crippen LogP contribution in [0.2, 0.25) is 0 Å². The number of rotatable bonds is 10. The van der Waals surface area contributed by atoms with Crippen LogP contribution in [0.3, 0.4) is 0 Å². The summed E-state index contributed by atoms with van der Waals surface area (Å²) < 4.78 is 1.98. The molecule has 6 nitrogen and oxygen atoms in total. The predicted molar refractivity (Wildman–Crippen MR) is 126 cm³/mol. The number of halogens is 1. The van der Waals surface area contributed by atoms with Crippen LogP contribution >= 0.6 is 35.7 Å². The van der Waals surface area contributed by atoms with Gasteiger partial charge in [-0.1, -0.05) is 30.3 Å². The minimum absolute atomic E-state index is 0. The zero-order valence-electron chi connectivity index (χ0n) is 16.4. The molecule has 1 heterocycles. The Morgan fingerprint density at radius 2 is 1.81 bits per heavy atom. The molecule has 0 unspecified atom stereocenters. The fourth-order valence-electron chi connectivity index (χ4n) is 2.48. The van der Waals surface area contributed by atoms with Gasteiger partial charge in [0.05, 0.1) is 0 Å². The van der Waals surface area contributed by atoms with Crippen LogP contribution in [0, 0.1) is 6.92 Å². The molecule has 27 heavy (non-hydrogen) atoms. The molecule has 2 aromatic rings. The van der Waals surface area contributed by atoms with E-state index in [9.17, 15) is 0 Å². The van der Waals surface area contributed by atoms with Crippen molar-refractivity contribution in [3.05, 3.63) is 47.5 Å². The van der Waals surface area contributed by atoms with Gasteiger partial charge in [0.25, 0.3) is 0 Å². The van der Waals surface area contributed by atoms with Crippen molar-refractivity contribution in [2.75, 3.05) is 25.1 Å². The van der Waals surface area contributed by atoms with Crippen molar-refractivity contribution in [2.45, 2.75) is 32.7 Å². The normalized spacial score (nSPS) is 11.1. The van der Waals surface area contributed by atoms with E-state index in [4.69, 9.17) is 0 Å². The summed E-state index contributed by atoms with van der Waals surface area (Å²) in [5.41, 5.74) is 1.37. The Bertz CT molecular complexity index is 674. The van der Waals surface area contributed by atoms with Crippen LogP contribution in [0.1, 0.15) is 30.1 Å². The largest absolute Gasteiger partial charge is 0.356 e. The van der Waals surface area contributed by atoms with Crippen LogP contribution in [-0.4, -0.2) is 45.8 Å². The van der Waals surface area contributed by atoms with Gasteiger partial charge in [0.2, 0.25) is 0 Å². The molecule has 0 fully saturated rings. The van der Waals surface area contributed by atoms with Crippen LogP contribution in [0.25, 0.3) is 0 Å². The van der Waals surface area contributed by atoms with Crippen LogP contribution < -0.4 is 10.6 Å². The lowest BCUT2D eigenvalue weighted by atomic mass is 10.1. The third-order valence-corrected chi connectivity index (χ3v) is 4.85. The maximum Gasteiger partial charge on any atom is 0.191 e. The smallest absolute Gasteiger partial charge is 0.191 e. The summed E-state index contributed by atoms with van der Waals surface area (Å²) in [6.45, 7) is 4.28. The number of aromatic nitrogens is 3. The first-order valence-corrected chi connectivity index (χ1v) is 10.5. The summed E-state index contributed by atoms with van der Waals surface area (Å²) in [5, 5.41) is 15.1. The average molecular weight is 502 g/mol. The third kappa shape index (κ3) is 8.96. The quantitative estimate of drug-likeness (QED) is 0.226. The molecular weight excluding hydrogens is 471 g/mol. The molecule has 0 saturated carbocycles. The first-order valence-electron chi connectivity index (χ1n) is 9.10. The van der Waals surface area contributed by atoms with Gasteiger partial charge in [-0.05, 0) is 43.8 Å². The molecule has 150 valence electrons. The highest BCUT2D eigenvalue weighted by atomic mass is 127. The van der Waals surface area contributed by atoms with E-state index in [2.05, 4.69) is 62.4 Å². The Morgan fingerprint density at radius 3 is 2.44 bits per heavy atom. The molecule has 0 aliphatic heterocycles. The van der Waals surface area contributed by atoms with Crippen LogP contribution in [0.4, 0.5) is 0 Å². The number of aliphatic imine (C=N–C) groups is 1. The second kappa shape index (κ2) is 13.8. The third-order valence-electron chi connectivity index (χ3n) is 4.16. The molecule has 0 amide bonds. The zero-order chi connectivity index (χ0) is 18.6. The first kappa shape index (κ1) is 23.7. The second-order valence-corrected chi connectivity index (χ2v) is 7.16. The van der Waals surface area contributed by atoms with Crippen LogP contribution in [0.5, 0.6) is 0 Å². The molecule has 0 aliphatic rings. The SMILES string of the molecule is CSCCCNC(=NCc1nnc(C)n1C)NCCCc1ccccc1.I. The van der Waals surface area contributed by atoms with Gasteiger partial charge in [-0.3, -0.25) is 0 Å². The molecule has 1 aromatic heterocycles. The number of nitrogens with zero attached hydrogens (tertiary/aromatic N) is 4. The number of hydrogen-bond donors (Lipinski definition) is 2. The van der Waals surface area contributed by atoms with Crippen molar-refractivity contribution in [1.82, 2.24) is 25.4 Å². The van der Waals surface area contributed by atoms with Crippen molar-refractivity contribution in [3.63, 3.8) is 0 Å². The Labute approximate surface area is 184 Å². The van der Waals surface area contributed by atoms with Crippen molar-refractivity contribution in [1.29, 1.82) is 0 Å². The van der Waals surface area contributed by atoms with Crippen molar-refractivity contribution in [2.24, 2.45) is 12.0 Å². The highest BCUT2D eigenvalue weighted by Crippen LogP contribution is 2.02. The number of thioether (sulfide) groups is 1. The number of hydrogen-bond acceptors (Lipinski definition) is 4. The van der Waals surface area contributed by atoms with Gasteiger partial charge in [-0.2, -0.15) is 11.8 Å². The highest BCUT2D eigenvalue weighted by Gasteiger charge is 2.05. The van der Waals surface area contributed by atoms with Crippen LogP contribution in [0.15, 0.2) is 35.3 Å². The first-order chi connectivity index (χ1) is 12.7. The summed E-state index contributed by atoms with van der Waals surface area (Å²) in [4.78, 5) is 4.67. The van der Waals surface area contributed by atoms with Crippen molar-refractivity contribution >= 4 is 41.7 Å². The molecule has 1 aromatic carbocycles. The number of benzene rings is 1. The Hall–Kier alpha value is -1.29. The van der Waals surface area contributed by atoms with Gasteiger partial charge in [-0.25, -0.2) is 4.99 Å². The maximum atomic E-state index is 4.67. The summed E-state index contributed by atoms with van der Waals surface area (Å²) in [7, 11) is 1.97. The lowest BCUT2D eigenvalue weighted by molar-refractivity contribution is 0.720. The molecule has 2 N–H and O–H groups in total. The molecule has 8 heteroatoms. The zero-order valence-corrected chi connectivity index (χ0v) is 19.6. The van der Waals surface area contributed by atoms with E-state index in [-0.39, 0.29) is 24.0 Å². The topological polar surface area (TPSA) is 67.1 Å². The number of guanidine groups is 1. The van der Waals surface area contributed by atoms with Gasteiger partial charge in [-0.15, -0.1) is 34.2 Å². The van der Waals surface area contributed by atoms with E-state index in [0.29, 0.717) is 6.54 Å². The van der Waals surface area contributed by atoms with E-state index in [0.717, 1.165) is 55.7 Å². The monoisotopic (exact) mass is 502 g/mol. The molecule has 0 radical (unpaired) electrons. The van der Waals surface area contributed by atoms with E-state index >= 15 is 0 Å². The molecule has 0 bridgehead atoms. The van der Waals surface area contributed by atoms with Gasteiger partial charge < -0.3 is 15.2 Å². The standard InChI is InChI=1S/C19H30N6S.HI/c1-16-23-24-18(25(16)2)15-22-19(21-13-8-14-26-3)20-12-7-11-17-9-5-4-6-10-17;/h4-6,9-10H,7-8,11-15H2,1-3H3,(H2,20,21,22);1H. The molecule has 0 spiro atoms. The van der Waals surface area contributed by atoms with E-state index in [1.807, 2.05) is 30.3 Å². The minimum atomic E-state index is 0. The lowest BCUT2D eigenvalue weighted by Crippen LogP contribution is -2.38. The number of aryl methyl sites for hydroxylation is 2. The van der Waals surface area contributed by atoms with Gasteiger partial charge in [0, 0.05) is 20.1 Å². The summed E-state index contributed by atoms with van der Waals surface area (Å²) in [6.07, 6.45) is 5.39. The van der Waals surface area contributed by atoms with E-state index < -0.39 is 0 Å². The fraction of sp³-hybridized carbons (Fsp3) is 0.526. The fourth-order valence-corrected chi connectivity index (χ4v) is 2.91. The Morgan fingerprint density at radius 1 is 1.11 bits per heavy atom. The second-order valence-electron chi connectivity index (χ2n) is 6.18. The van der Waals surface area contributed by atoms with Gasteiger partial charge >= 0.3 is 0 Å². The Kier molecular flexibility index (Phi) is 12.2. The molecule has 0 aliphatic carbocycles. The molecule has 0 atom stereocenters. The van der Waals surface area contributed by atoms with E-state index in [1.54, 1.807) is 0 Å². The molecule has 2 rings (SSSR count). The molecule has 0 saturated heterocycles. The summed E-state index contributed by atoms with van der Waals surface area (Å²) in [5.74, 6) is 3.77. The molecular formula is C19H31IN6S. The average Bonchev–Trinajstić information content (AvgIpc) is 2.98. The Balaban J connectivity index is 0.00000364. The van der Waals surface area contributed by atoms with E-state index in [1.165, 1.54) is 5.56 Å². The van der Waals surface area contributed by atoms with Crippen molar-refractivity contribution in [3.8, 4) is 0 Å². The lowest BCUT2D eigenvalue weighted by Gasteiger charge is -2.12. The van der Waals surface area contributed by atoms with Crippen LogP contribution in [-0.2, 0) is 20.0 Å². The summed E-state index contributed by atoms with van der Waals surface area (Å²) in [6, 6.07) is 10.6. The number of nitrogens with one attached hydrogen (secondary N) is 2.